The third kappa shape index (κ3) is 6.87. The van der Waals surface area contributed by atoms with E-state index in [2.05, 4.69) is 10.1 Å². The van der Waals surface area contributed by atoms with E-state index in [9.17, 15) is 14.0 Å². The first kappa shape index (κ1) is 28.0. The lowest BCUT2D eigenvalue weighted by Crippen LogP contribution is -2.51. The number of carbonyl (C=O) groups is 2. The average Bonchev–Trinajstić information content (AvgIpc) is 3.65. The van der Waals surface area contributed by atoms with Gasteiger partial charge in [0.2, 0.25) is 0 Å². The minimum absolute atomic E-state index is 0.00677. The fraction of sp³-hybridized carbons (Fsp3) is 0.517. The van der Waals surface area contributed by atoms with E-state index in [0.29, 0.717) is 17.7 Å². The standard InChI is InChI=1S/C29H35F3N2O4/c1-17-11-19-14-21(38-15-25(35)33-20-6-7-20)8-9-22(19)28(34(17)16-29(2,3)32)27-23(30)12-18(13-24(27)31)5-10-26(36)37-4/h5,8-10,12-14,17,20,23,27-28H,6-7,11,15-16H2,1-4H3,(H,33,35)/b10-5+. The number of esters is 1. The van der Waals surface area contributed by atoms with Gasteiger partial charge in [-0.1, -0.05) is 6.07 Å². The molecule has 0 saturated heterocycles. The quantitative estimate of drug-likeness (QED) is 0.364. The van der Waals surface area contributed by atoms with Gasteiger partial charge in [-0.05, 0) is 87.1 Å². The number of nitrogens with zero attached hydrogens (tertiary/aromatic N) is 1. The summed E-state index contributed by atoms with van der Waals surface area (Å²) in [5.74, 6) is -2.22. The van der Waals surface area contributed by atoms with Crippen LogP contribution in [0.2, 0.25) is 0 Å². The molecule has 1 amide bonds. The molecule has 0 bridgehead atoms. The van der Waals surface area contributed by atoms with E-state index in [4.69, 9.17) is 4.74 Å². The minimum Gasteiger partial charge on any atom is -0.484 e. The van der Waals surface area contributed by atoms with Crippen LogP contribution in [-0.4, -0.2) is 61.0 Å². The Morgan fingerprint density at radius 1 is 1.26 bits per heavy atom. The molecule has 1 heterocycles. The number of nitrogens with one attached hydrogen (secondary N) is 1. The van der Waals surface area contributed by atoms with Crippen molar-refractivity contribution in [3.05, 3.63) is 65.0 Å². The Morgan fingerprint density at radius 3 is 2.63 bits per heavy atom. The van der Waals surface area contributed by atoms with Gasteiger partial charge >= 0.3 is 5.97 Å². The normalized spacial score (nSPS) is 25.9. The first-order valence-electron chi connectivity index (χ1n) is 12.9. The number of allylic oxidation sites excluding steroid dienone is 4. The van der Waals surface area contributed by atoms with Crippen LogP contribution in [0.3, 0.4) is 0 Å². The van der Waals surface area contributed by atoms with Crippen molar-refractivity contribution in [2.45, 2.75) is 70.0 Å². The number of halogens is 3. The highest BCUT2D eigenvalue weighted by Crippen LogP contribution is 2.46. The second-order valence-electron chi connectivity index (χ2n) is 10.9. The van der Waals surface area contributed by atoms with Crippen molar-refractivity contribution in [1.29, 1.82) is 0 Å². The molecule has 1 aliphatic heterocycles. The number of hydrogen-bond donors (Lipinski definition) is 1. The molecule has 38 heavy (non-hydrogen) atoms. The highest BCUT2D eigenvalue weighted by atomic mass is 19.1. The van der Waals surface area contributed by atoms with Gasteiger partial charge in [0.1, 0.15) is 23.4 Å². The summed E-state index contributed by atoms with van der Waals surface area (Å²) in [6.45, 7) is 4.69. The van der Waals surface area contributed by atoms with Crippen molar-refractivity contribution in [1.82, 2.24) is 10.2 Å². The van der Waals surface area contributed by atoms with Crippen LogP contribution in [0.15, 0.2) is 53.9 Å². The molecule has 206 valence electrons. The van der Waals surface area contributed by atoms with Crippen molar-refractivity contribution in [2.75, 3.05) is 20.3 Å². The molecule has 4 rings (SSSR count). The molecule has 3 aliphatic rings. The first-order valence-corrected chi connectivity index (χ1v) is 12.9. The van der Waals surface area contributed by atoms with Gasteiger partial charge in [-0.2, -0.15) is 0 Å². The van der Waals surface area contributed by atoms with Crippen molar-refractivity contribution in [3.8, 4) is 5.75 Å². The third-order valence-electron chi connectivity index (χ3n) is 7.01. The number of carbonyl (C=O) groups excluding carboxylic acids is 2. The molecule has 1 saturated carbocycles. The zero-order valence-corrected chi connectivity index (χ0v) is 22.2. The maximum Gasteiger partial charge on any atom is 0.330 e. The van der Waals surface area contributed by atoms with Crippen molar-refractivity contribution >= 4 is 11.9 Å². The minimum atomic E-state index is -1.72. The Hall–Kier alpha value is -3.07. The van der Waals surface area contributed by atoms with Crippen LogP contribution in [0, 0.1) is 5.92 Å². The van der Waals surface area contributed by atoms with Gasteiger partial charge < -0.3 is 14.8 Å². The number of benzene rings is 1. The molecule has 0 aromatic heterocycles. The molecule has 9 heteroatoms. The predicted octanol–water partition coefficient (Wildman–Crippen LogP) is 4.86. The summed E-state index contributed by atoms with van der Waals surface area (Å²) in [5, 5.41) is 2.87. The van der Waals surface area contributed by atoms with Crippen LogP contribution in [0.25, 0.3) is 0 Å². The Bertz CT molecular complexity index is 1150. The SMILES string of the molecule is COC(=O)/C=C/C1=CC(F)C(C2c3ccc(OCC(=O)NC4CC4)cc3CC(C)N2CC(C)(C)F)C(F)=C1. The largest absolute Gasteiger partial charge is 0.484 e. The van der Waals surface area contributed by atoms with E-state index in [1.165, 1.54) is 39.2 Å². The maximum atomic E-state index is 15.7. The summed E-state index contributed by atoms with van der Waals surface area (Å²) in [6.07, 6.45) is 5.65. The Kier molecular flexibility index (Phi) is 8.35. The molecular weight excluding hydrogens is 497 g/mol. The molecule has 0 radical (unpaired) electrons. The molecule has 2 aliphatic carbocycles. The summed E-state index contributed by atoms with van der Waals surface area (Å²) in [6, 6.07) is 4.50. The van der Waals surface area contributed by atoms with Gasteiger partial charge in [0.25, 0.3) is 5.91 Å². The molecule has 4 atom stereocenters. The van der Waals surface area contributed by atoms with E-state index < -0.39 is 35.6 Å². The van der Waals surface area contributed by atoms with Crippen molar-refractivity contribution in [3.63, 3.8) is 0 Å². The topological polar surface area (TPSA) is 67.9 Å². The van der Waals surface area contributed by atoms with Crippen LogP contribution in [0.1, 0.15) is 50.8 Å². The molecule has 1 N–H and O–H groups in total. The highest BCUT2D eigenvalue weighted by molar-refractivity contribution is 5.82. The first-order chi connectivity index (χ1) is 17.9. The second kappa shape index (κ2) is 11.4. The molecule has 6 nitrogen and oxygen atoms in total. The monoisotopic (exact) mass is 532 g/mol. The van der Waals surface area contributed by atoms with Gasteiger partial charge in [-0.25, -0.2) is 18.0 Å². The molecule has 0 spiro atoms. The number of fused-ring (bicyclic) bond motifs is 1. The summed E-state index contributed by atoms with van der Waals surface area (Å²) in [4.78, 5) is 25.3. The summed E-state index contributed by atoms with van der Waals surface area (Å²) < 4.78 is 56.4. The second-order valence-corrected chi connectivity index (χ2v) is 10.9. The number of alkyl halides is 2. The number of rotatable bonds is 9. The van der Waals surface area contributed by atoms with Crippen molar-refractivity contribution in [2.24, 2.45) is 5.92 Å². The number of amides is 1. The fourth-order valence-corrected chi connectivity index (χ4v) is 5.16. The van der Waals surface area contributed by atoms with Crippen LogP contribution in [0.4, 0.5) is 13.2 Å². The van der Waals surface area contributed by atoms with Gasteiger partial charge in [-0.15, -0.1) is 0 Å². The van der Waals surface area contributed by atoms with E-state index in [1.54, 1.807) is 18.2 Å². The summed E-state index contributed by atoms with van der Waals surface area (Å²) in [5.41, 5.74) is 0.162. The van der Waals surface area contributed by atoms with E-state index in [0.717, 1.165) is 24.5 Å². The molecule has 1 aromatic rings. The van der Waals surface area contributed by atoms with Gasteiger partial charge in [0.15, 0.2) is 6.61 Å². The van der Waals surface area contributed by atoms with Gasteiger partial charge in [0, 0.05) is 30.7 Å². The Labute approximate surface area is 221 Å². The summed E-state index contributed by atoms with van der Waals surface area (Å²) in [7, 11) is 1.22. The zero-order valence-electron chi connectivity index (χ0n) is 22.2. The third-order valence-corrected chi connectivity index (χ3v) is 7.01. The predicted molar refractivity (Wildman–Crippen MR) is 138 cm³/mol. The zero-order chi connectivity index (χ0) is 27.6. The molecule has 1 aromatic carbocycles. The van der Waals surface area contributed by atoms with E-state index in [-0.39, 0.29) is 36.7 Å². The lowest BCUT2D eigenvalue weighted by molar-refractivity contribution is -0.134. The lowest BCUT2D eigenvalue weighted by Gasteiger charge is -2.47. The molecular formula is C29H35F3N2O4. The maximum absolute atomic E-state index is 15.7. The van der Waals surface area contributed by atoms with Crippen LogP contribution >= 0.6 is 0 Å². The number of hydrogen-bond acceptors (Lipinski definition) is 5. The van der Waals surface area contributed by atoms with Crippen molar-refractivity contribution < 1.29 is 32.2 Å². The van der Waals surface area contributed by atoms with Gasteiger partial charge in [-0.3, -0.25) is 9.69 Å². The highest BCUT2D eigenvalue weighted by Gasteiger charge is 2.45. The smallest absolute Gasteiger partial charge is 0.330 e. The van der Waals surface area contributed by atoms with Crippen LogP contribution < -0.4 is 10.1 Å². The Morgan fingerprint density at radius 2 is 2.00 bits per heavy atom. The van der Waals surface area contributed by atoms with Crippen LogP contribution in [-0.2, 0) is 20.7 Å². The van der Waals surface area contributed by atoms with E-state index >= 15 is 8.78 Å². The summed E-state index contributed by atoms with van der Waals surface area (Å²) >= 11 is 0. The Balaban J connectivity index is 1.63. The van der Waals surface area contributed by atoms with Gasteiger partial charge in [0.05, 0.1) is 13.0 Å². The number of methoxy groups -OCH3 is 1. The van der Waals surface area contributed by atoms with E-state index in [1.807, 2.05) is 11.8 Å². The molecule has 4 unspecified atom stereocenters. The average molecular weight is 533 g/mol. The van der Waals surface area contributed by atoms with Crippen LogP contribution in [0.5, 0.6) is 5.75 Å². The molecule has 1 fully saturated rings. The lowest BCUT2D eigenvalue weighted by atomic mass is 9.77. The fourth-order valence-electron chi connectivity index (χ4n) is 5.16. The number of ether oxygens (including phenoxy) is 2.